The highest BCUT2D eigenvalue weighted by Gasteiger charge is 2.02. The van der Waals surface area contributed by atoms with Crippen LogP contribution in [0.2, 0.25) is 0 Å². The van der Waals surface area contributed by atoms with Crippen LogP contribution >= 0.6 is 31.9 Å². The van der Waals surface area contributed by atoms with Crippen molar-refractivity contribution in [1.29, 1.82) is 0 Å². The Bertz CT molecular complexity index is 240. The molecule has 3 heteroatoms. The van der Waals surface area contributed by atoms with E-state index < -0.39 is 0 Å². The Labute approximate surface area is 89.4 Å². The average molecular weight is 294 g/mol. The molecule has 0 atom stereocenters. The molecule has 1 aromatic rings. The SMILES string of the molecule is COCCc1c(Br)cccc1Br. The Morgan fingerprint density at radius 3 is 2.33 bits per heavy atom. The second-order valence-electron chi connectivity index (χ2n) is 2.44. The minimum atomic E-state index is 0.751. The Kier molecular flexibility index (Phi) is 4.26. The summed E-state index contributed by atoms with van der Waals surface area (Å²) in [5.74, 6) is 0. The van der Waals surface area contributed by atoms with Gasteiger partial charge in [0.25, 0.3) is 0 Å². The summed E-state index contributed by atoms with van der Waals surface area (Å²) in [4.78, 5) is 0. The highest BCUT2D eigenvalue weighted by atomic mass is 79.9. The van der Waals surface area contributed by atoms with E-state index in [1.165, 1.54) is 5.56 Å². The number of hydrogen-bond acceptors (Lipinski definition) is 1. The molecule has 0 aromatic heterocycles. The summed E-state index contributed by atoms with van der Waals surface area (Å²) in [7, 11) is 1.71. The van der Waals surface area contributed by atoms with Gasteiger partial charge in [-0.2, -0.15) is 0 Å². The topological polar surface area (TPSA) is 9.23 Å². The van der Waals surface area contributed by atoms with Crippen molar-refractivity contribution in [3.05, 3.63) is 32.7 Å². The van der Waals surface area contributed by atoms with Gasteiger partial charge in [0.1, 0.15) is 0 Å². The lowest BCUT2D eigenvalue weighted by Crippen LogP contribution is -1.96. The van der Waals surface area contributed by atoms with Gasteiger partial charge in [-0.3, -0.25) is 0 Å². The molecule has 0 aliphatic rings. The summed E-state index contributed by atoms with van der Waals surface area (Å²) in [6.07, 6.45) is 0.929. The van der Waals surface area contributed by atoms with E-state index in [1.54, 1.807) is 7.11 Å². The van der Waals surface area contributed by atoms with Gasteiger partial charge in [-0.05, 0) is 24.1 Å². The molecule has 0 amide bonds. The van der Waals surface area contributed by atoms with Gasteiger partial charge in [-0.15, -0.1) is 0 Å². The zero-order chi connectivity index (χ0) is 8.97. The van der Waals surface area contributed by atoms with Crippen LogP contribution in [-0.4, -0.2) is 13.7 Å². The third kappa shape index (κ3) is 2.57. The number of methoxy groups -OCH3 is 1. The fraction of sp³-hybridized carbons (Fsp3) is 0.333. The summed E-state index contributed by atoms with van der Waals surface area (Å²) in [6, 6.07) is 6.08. The molecule has 0 heterocycles. The standard InChI is InChI=1S/C9H10Br2O/c1-12-6-5-7-8(10)3-2-4-9(7)11/h2-4H,5-6H2,1H3. The van der Waals surface area contributed by atoms with Gasteiger partial charge in [0.2, 0.25) is 0 Å². The minimum absolute atomic E-state index is 0.751. The molecule has 0 saturated carbocycles. The van der Waals surface area contributed by atoms with Crippen LogP contribution < -0.4 is 0 Å². The average Bonchev–Trinajstić information content (AvgIpc) is 2.04. The van der Waals surface area contributed by atoms with Gasteiger partial charge >= 0.3 is 0 Å². The van der Waals surface area contributed by atoms with Crippen LogP contribution in [0.25, 0.3) is 0 Å². The van der Waals surface area contributed by atoms with Gasteiger partial charge in [0, 0.05) is 16.1 Å². The fourth-order valence-corrected chi connectivity index (χ4v) is 2.37. The summed E-state index contributed by atoms with van der Waals surface area (Å²) in [5.41, 5.74) is 1.26. The zero-order valence-corrected chi connectivity index (χ0v) is 9.98. The maximum Gasteiger partial charge on any atom is 0.0503 e. The quantitative estimate of drug-likeness (QED) is 0.830. The predicted molar refractivity (Wildman–Crippen MR) is 57.4 cm³/mol. The highest BCUT2D eigenvalue weighted by molar-refractivity contribution is 9.11. The molecule has 0 saturated heterocycles. The molecular weight excluding hydrogens is 284 g/mol. The van der Waals surface area contributed by atoms with Crippen molar-refractivity contribution in [2.75, 3.05) is 13.7 Å². The van der Waals surface area contributed by atoms with Gasteiger partial charge in [0.15, 0.2) is 0 Å². The maximum atomic E-state index is 5.01. The molecule has 66 valence electrons. The fourth-order valence-electron chi connectivity index (χ4n) is 0.975. The number of halogens is 2. The normalized spacial score (nSPS) is 10.2. The number of hydrogen-bond donors (Lipinski definition) is 0. The molecule has 0 unspecified atom stereocenters. The van der Waals surface area contributed by atoms with Gasteiger partial charge < -0.3 is 4.74 Å². The first-order chi connectivity index (χ1) is 5.75. The summed E-state index contributed by atoms with van der Waals surface area (Å²) >= 11 is 6.98. The van der Waals surface area contributed by atoms with E-state index in [2.05, 4.69) is 31.9 Å². The Balaban J connectivity index is 2.81. The van der Waals surface area contributed by atoms with Crippen molar-refractivity contribution >= 4 is 31.9 Å². The molecule has 0 radical (unpaired) electrons. The van der Waals surface area contributed by atoms with E-state index in [-0.39, 0.29) is 0 Å². The van der Waals surface area contributed by atoms with Crippen molar-refractivity contribution < 1.29 is 4.74 Å². The second-order valence-corrected chi connectivity index (χ2v) is 4.15. The summed E-state index contributed by atoms with van der Waals surface area (Å²) in [6.45, 7) is 0.751. The van der Waals surface area contributed by atoms with Crippen LogP contribution in [0.1, 0.15) is 5.56 Å². The van der Waals surface area contributed by atoms with Crippen LogP contribution in [0, 0.1) is 0 Å². The third-order valence-corrected chi connectivity index (χ3v) is 3.10. The Morgan fingerprint density at radius 1 is 1.25 bits per heavy atom. The first kappa shape index (κ1) is 10.2. The molecular formula is C9H10Br2O. The maximum absolute atomic E-state index is 5.01. The summed E-state index contributed by atoms with van der Waals surface area (Å²) < 4.78 is 7.28. The first-order valence-corrected chi connectivity index (χ1v) is 5.26. The van der Waals surface area contributed by atoms with E-state index in [0.29, 0.717) is 0 Å². The van der Waals surface area contributed by atoms with Crippen molar-refractivity contribution in [3.63, 3.8) is 0 Å². The largest absolute Gasteiger partial charge is 0.384 e. The number of rotatable bonds is 3. The Hall–Kier alpha value is 0.140. The molecule has 0 aliphatic carbocycles. The molecule has 0 N–H and O–H groups in total. The minimum Gasteiger partial charge on any atom is -0.384 e. The van der Waals surface area contributed by atoms with E-state index in [0.717, 1.165) is 22.0 Å². The lowest BCUT2D eigenvalue weighted by Gasteiger charge is -2.05. The van der Waals surface area contributed by atoms with E-state index in [1.807, 2.05) is 18.2 Å². The van der Waals surface area contributed by atoms with Crippen LogP contribution in [0.15, 0.2) is 27.1 Å². The highest BCUT2D eigenvalue weighted by Crippen LogP contribution is 2.25. The van der Waals surface area contributed by atoms with Gasteiger partial charge in [-0.1, -0.05) is 37.9 Å². The smallest absolute Gasteiger partial charge is 0.0503 e. The van der Waals surface area contributed by atoms with Crippen LogP contribution in [-0.2, 0) is 11.2 Å². The van der Waals surface area contributed by atoms with Gasteiger partial charge in [0.05, 0.1) is 6.61 Å². The van der Waals surface area contributed by atoms with Crippen molar-refractivity contribution in [1.82, 2.24) is 0 Å². The molecule has 0 aliphatic heterocycles. The summed E-state index contributed by atoms with van der Waals surface area (Å²) in [5, 5.41) is 0. The molecule has 1 rings (SSSR count). The van der Waals surface area contributed by atoms with E-state index in [4.69, 9.17) is 4.74 Å². The molecule has 12 heavy (non-hydrogen) atoms. The zero-order valence-electron chi connectivity index (χ0n) is 6.81. The number of benzene rings is 1. The van der Waals surface area contributed by atoms with Crippen molar-refractivity contribution in [2.45, 2.75) is 6.42 Å². The van der Waals surface area contributed by atoms with Crippen molar-refractivity contribution in [3.8, 4) is 0 Å². The molecule has 0 spiro atoms. The van der Waals surface area contributed by atoms with Crippen molar-refractivity contribution in [2.24, 2.45) is 0 Å². The monoisotopic (exact) mass is 292 g/mol. The molecule has 1 nitrogen and oxygen atoms in total. The lowest BCUT2D eigenvalue weighted by atomic mass is 10.2. The van der Waals surface area contributed by atoms with Crippen LogP contribution in [0.5, 0.6) is 0 Å². The predicted octanol–water partition coefficient (Wildman–Crippen LogP) is 3.40. The molecule has 1 aromatic carbocycles. The van der Waals surface area contributed by atoms with Crippen LogP contribution in [0.3, 0.4) is 0 Å². The van der Waals surface area contributed by atoms with E-state index >= 15 is 0 Å². The van der Waals surface area contributed by atoms with Crippen LogP contribution in [0.4, 0.5) is 0 Å². The lowest BCUT2D eigenvalue weighted by molar-refractivity contribution is 0.202. The Morgan fingerprint density at radius 2 is 1.83 bits per heavy atom. The first-order valence-electron chi connectivity index (χ1n) is 3.67. The van der Waals surface area contributed by atoms with E-state index in [9.17, 15) is 0 Å². The third-order valence-electron chi connectivity index (χ3n) is 1.62. The molecule has 0 bridgehead atoms. The van der Waals surface area contributed by atoms with Gasteiger partial charge in [-0.25, -0.2) is 0 Å². The molecule has 0 fully saturated rings. The number of ether oxygens (including phenoxy) is 1. The second kappa shape index (κ2) is 5.00.